The number of hydrogen-bond donors (Lipinski definition) is 2. The van der Waals surface area contributed by atoms with Crippen LogP contribution >= 0.6 is 0 Å². The van der Waals surface area contributed by atoms with Crippen LogP contribution in [0.25, 0.3) is 0 Å². The van der Waals surface area contributed by atoms with Gasteiger partial charge in [-0.1, -0.05) is 13.8 Å². The number of carbonyl (C=O) groups excluding carboxylic acids is 1. The Morgan fingerprint density at radius 2 is 2.17 bits per heavy atom. The van der Waals surface area contributed by atoms with Crippen LogP contribution in [0.3, 0.4) is 0 Å². The highest BCUT2D eigenvalue weighted by atomic mass is 16.4. The van der Waals surface area contributed by atoms with E-state index in [1.165, 1.54) is 0 Å². The smallest absolute Gasteiger partial charge is 0.305 e. The molecule has 0 aliphatic carbocycles. The maximum absolute atomic E-state index is 11.7. The molecule has 0 aliphatic heterocycles. The Kier molecular flexibility index (Phi) is 5.42. The van der Waals surface area contributed by atoms with Gasteiger partial charge in [0.1, 0.15) is 5.76 Å². The average molecular weight is 253 g/mol. The lowest BCUT2D eigenvalue weighted by Crippen LogP contribution is -2.40. The first kappa shape index (κ1) is 14.3. The summed E-state index contributed by atoms with van der Waals surface area (Å²) in [5.41, 5.74) is 0. The molecule has 1 atom stereocenters. The fourth-order valence-electron chi connectivity index (χ4n) is 1.61. The average Bonchev–Trinajstić information content (AvgIpc) is 2.77. The first-order valence-corrected chi connectivity index (χ1v) is 6.02. The van der Waals surface area contributed by atoms with Crippen molar-refractivity contribution in [2.24, 2.45) is 5.92 Å². The molecule has 0 spiro atoms. The van der Waals surface area contributed by atoms with Crippen molar-refractivity contribution in [3.63, 3.8) is 0 Å². The van der Waals surface area contributed by atoms with Gasteiger partial charge in [-0.15, -0.1) is 0 Å². The van der Waals surface area contributed by atoms with Crippen molar-refractivity contribution in [3.05, 3.63) is 24.2 Å². The van der Waals surface area contributed by atoms with Crippen molar-refractivity contribution in [1.29, 1.82) is 0 Å². The van der Waals surface area contributed by atoms with E-state index in [0.717, 1.165) is 5.76 Å². The van der Waals surface area contributed by atoms with Gasteiger partial charge in [0.05, 0.1) is 12.7 Å². The zero-order chi connectivity index (χ0) is 13.5. The molecule has 1 aromatic rings. The second-order valence-electron chi connectivity index (χ2n) is 4.60. The third kappa shape index (κ3) is 5.03. The molecule has 100 valence electrons. The van der Waals surface area contributed by atoms with Gasteiger partial charge in [-0.2, -0.15) is 0 Å². The monoisotopic (exact) mass is 253 g/mol. The summed E-state index contributed by atoms with van der Waals surface area (Å²) < 4.78 is 5.13. The Morgan fingerprint density at radius 3 is 2.67 bits per heavy atom. The number of amides is 1. The van der Waals surface area contributed by atoms with Crippen LogP contribution in [-0.4, -0.2) is 23.0 Å². The topological polar surface area (TPSA) is 79.5 Å². The van der Waals surface area contributed by atoms with E-state index in [0.29, 0.717) is 12.8 Å². The standard InChI is InChI=1S/C13H19NO4/c1-9(2)11(8-13(16)17)14-12(15)6-5-10-4-3-7-18-10/h3-4,7,9,11H,5-6,8H2,1-2H3,(H,14,15)(H,16,17). The summed E-state index contributed by atoms with van der Waals surface area (Å²) in [7, 11) is 0. The molecule has 0 saturated heterocycles. The van der Waals surface area contributed by atoms with Crippen LogP contribution in [0, 0.1) is 5.92 Å². The van der Waals surface area contributed by atoms with Gasteiger partial charge < -0.3 is 14.8 Å². The highest BCUT2D eigenvalue weighted by Crippen LogP contribution is 2.08. The van der Waals surface area contributed by atoms with Crippen molar-refractivity contribution in [2.45, 2.75) is 39.2 Å². The van der Waals surface area contributed by atoms with E-state index in [1.54, 1.807) is 12.3 Å². The van der Waals surface area contributed by atoms with Gasteiger partial charge in [0.2, 0.25) is 5.91 Å². The number of carbonyl (C=O) groups is 2. The normalized spacial score (nSPS) is 12.4. The molecule has 1 amide bonds. The molecular formula is C13H19NO4. The molecule has 0 saturated carbocycles. The van der Waals surface area contributed by atoms with Gasteiger partial charge >= 0.3 is 5.97 Å². The zero-order valence-electron chi connectivity index (χ0n) is 10.7. The van der Waals surface area contributed by atoms with Crippen molar-refractivity contribution in [3.8, 4) is 0 Å². The Morgan fingerprint density at radius 1 is 1.44 bits per heavy atom. The van der Waals surface area contributed by atoms with E-state index in [9.17, 15) is 9.59 Å². The molecule has 0 radical (unpaired) electrons. The quantitative estimate of drug-likeness (QED) is 0.777. The van der Waals surface area contributed by atoms with Crippen molar-refractivity contribution in [2.75, 3.05) is 0 Å². The number of furan rings is 1. The second kappa shape index (κ2) is 6.83. The second-order valence-corrected chi connectivity index (χ2v) is 4.60. The van der Waals surface area contributed by atoms with Gasteiger partial charge in [0.15, 0.2) is 0 Å². The number of hydrogen-bond acceptors (Lipinski definition) is 3. The van der Waals surface area contributed by atoms with Crippen LogP contribution in [0.1, 0.15) is 32.4 Å². The molecular weight excluding hydrogens is 234 g/mol. The SMILES string of the molecule is CC(C)C(CC(=O)O)NC(=O)CCc1ccco1. The van der Waals surface area contributed by atoms with Crippen LogP contribution in [0.15, 0.2) is 22.8 Å². The highest BCUT2D eigenvalue weighted by Gasteiger charge is 2.19. The number of aliphatic carboxylic acids is 1. The Labute approximate surface area is 106 Å². The Bertz CT molecular complexity index is 384. The van der Waals surface area contributed by atoms with Crippen molar-refractivity contribution < 1.29 is 19.1 Å². The fourth-order valence-corrected chi connectivity index (χ4v) is 1.61. The van der Waals surface area contributed by atoms with E-state index >= 15 is 0 Å². The minimum atomic E-state index is -0.903. The van der Waals surface area contributed by atoms with Gasteiger partial charge in [-0.25, -0.2) is 0 Å². The molecule has 1 heterocycles. The Hall–Kier alpha value is -1.78. The van der Waals surface area contributed by atoms with E-state index in [2.05, 4.69) is 5.32 Å². The molecule has 0 aromatic carbocycles. The molecule has 1 rings (SSSR count). The van der Waals surface area contributed by atoms with Crippen LogP contribution in [0.2, 0.25) is 0 Å². The van der Waals surface area contributed by atoms with E-state index in [1.807, 2.05) is 19.9 Å². The summed E-state index contributed by atoms with van der Waals surface area (Å²) in [5.74, 6) is -0.204. The lowest BCUT2D eigenvalue weighted by atomic mass is 10.0. The fraction of sp³-hybridized carbons (Fsp3) is 0.538. The first-order valence-electron chi connectivity index (χ1n) is 6.02. The van der Waals surface area contributed by atoms with Crippen molar-refractivity contribution in [1.82, 2.24) is 5.32 Å². The number of carboxylic acid groups (broad SMARTS) is 1. The van der Waals surface area contributed by atoms with E-state index < -0.39 is 5.97 Å². The first-order chi connectivity index (χ1) is 8.49. The van der Waals surface area contributed by atoms with Crippen LogP contribution < -0.4 is 5.32 Å². The number of aryl methyl sites for hydroxylation is 1. The molecule has 0 bridgehead atoms. The Balaban J connectivity index is 2.38. The van der Waals surface area contributed by atoms with Gasteiger partial charge in [0, 0.05) is 18.9 Å². The largest absolute Gasteiger partial charge is 0.481 e. The van der Waals surface area contributed by atoms with Gasteiger partial charge in [-0.05, 0) is 18.1 Å². The molecule has 0 fully saturated rings. The molecule has 5 heteroatoms. The maximum Gasteiger partial charge on any atom is 0.305 e. The molecule has 5 nitrogen and oxygen atoms in total. The summed E-state index contributed by atoms with van der Waals surface area (Å²) in [5, 5.41) is 11.5. The van der Waals surface area contributed by atoms with Crippen molar-refractivity contribution >= 4 is 11.9 Å². The molecule has 0 aliphatic rings. The third-order valence-corrected chi connectivity index (χ3v) is 2.72. The summed E-state index contributed by atoms with van der Waals surface area (Å²) in [6.07, 6.45) is 2.34. The molecule has 18 heavy (non-hydrogen) atoms. The lowest BCUT2D eigenvalue weighted by molar-refractivity contribution is -0.138. The van der Waals surface area contributed by atoms with E-state index in [-0.39, 0.29) is 24.3 Å². The minimum absolute atomic E-state index is 0.0514. The van der Waals surface area contributed by atoms with E-state index in [4.69, 9.17) is 9.52 Å². The summed E-state index contributed by atoms with van der Waals surface area (Å²) in [6.45, 7) is 3.78. The zero-order valence-corrected chi connectivity index (χ0v) is 10.7. The van der Waals surface area contributed by atoms with Gasteiger partial charge in [0.25, 0.3) is 0 Å². The lowest BCUT2D eigenvalue weighted by Gasteiger charge is -2.20. The number of carboxylic acids is 1. The summed E-state index contributed by atoms with van der Waals surface area (Å²) in [4.78, 5) is 22.4. The predicted molar refractivity (Wildman–Crippen MR) is 66.1 cm³/mol. The number of nitrogens with one attached hydrogen (secondary N) is 1. The maximum atomic E-state index is 11.7. The predicted octanol–water partition coefficient (Wildman–Crippen LogP) is 1.83. The van der Waals surface area contributed by atoms with Crippen LogP contribution in [-0.2, 0) is 16.0 Å². The van der Waals surface area contributed by atoms with Gasteiger partial charge in [-0.3, -0.25) is 9.59 Å². The molecule has 2 N–H and O–H groups in total. The molecule has 1 aromatic heterocycles. The third-order valence-electron chi connectivity index (χ3n) is 2.72. The minimum Gasteiger partial charge on any atom is -0.481 e. The van der Waals surface area contributed by atoms with Crippen LogP contribution in [0.4, 0.5) is 0 Å². The highest BCUT2D eigenvalue weighted by molar-refractivity contribution is 5.77. The summed E-state index contributed by atoms with van der Waals surface area (Å²) >= 11 is 0. The van der Waals surface area contributed by atoms with Crippen LogP contribution in [0.5, 0.6) is 0 Å². The molecule has 1 unspecified atom stereocenters. The number of rotatable bonds is 7. The summed E-state index contributed by atoms with van der Waals surface area (Å²) in [6, 6.07) is 3.26.